The Labute approximate surface area is 108 Å². The maximum Gasteiger partial charge on any atom is 0.320 e. The van der Waals surface area contributed by atoms with Crippen LogP contribution in [0.3, 0.4) is 0 Å². The number of imidazole rings is 1. The lowest BCUT2D eigenvalue weighted by atomic mass is 10.3. The number of rotatable bonds is 7. The monoisotopic (exact) mass is 251 g/mol. The molecule has 1 fully saturated rings. The van der Waals surface area contributed by atoms with E-state index in [1.807, 2.05) is 30.9 Å². The van der Waals surface area contributed by atoms with Crippen LogP contribution in [-0.4, -0.2) is 46.2 Å². The van der Waals surface area contributed by atoms with Gasteiger partial charge in [-0.1, -0.05) is 0 Å². The number of ether oxygens (including phenoxy) is 1. The lowest BCUT2D eigenvalue weighted by Gasteiger charge is -2.20. The van der Waals surface area contributed by atoms with Gasteiger partial charge in [-0.3, -0.25) is 9.69 Å². The van der Waals surface area contributed by atoms with Crippen LogP contribution in [0, 0.1) is 0 Å². The Balaban J connectivity index is 1.83. The number of carbonyl (C=O) groups is 1. The van der Waals surface area contributed by atoms with Crippen LogP contribution >= 0.6 is 0 Å². The van der Waals surface area contributed by atoms with Crippen molar-refractivity contribution in [2.45, 2.75) is 32.2 Å². The highest BCUT2D eigenvalue weighted by atomic mass is 16.5. The molecule has 0 atom stereocenters. The Bertz CT molecular complexity index is 399. The predicted molar refractivity (Wildman–Crippen MR) is 68.1 cm³/mol. The summed E-state index contributed by atoms with van der Waals surface area (Å²) in [5.74, 6) is 0.939. The Kier molecular flexibility index (Phi) is 4.36. The van der Waals surface area contributed by atoms with Crippen molar-refractivity contribution in [3.8, 4) is 0 Å². The molecule has 1 aromatic rings. The fraction of sp³-hybridized carbons (Fsp3) is 0.692. The minimum Gasteiger partial charge on any atom is -0.465 e. The van der Waals surface area contributed by atoms with E-state index >= 15 is 0 Å². The summed E-state index contributed by atoms with van der Waals surface area (Å²) in [6.07, 6.45) is 7.02. The zero-order valence-corrected chi connectivity index (χ0v) is 11.1. The first-order valence-electron chi connectivity index (χ1n) is 6.56. The number of carbonyl (C=O) groups excluding carboxylic acids is 1. The summed E-state index contributed by atoms with van der Waals surface area (Å²) in [7, 11) is 2.00. The molecule has 0 amide bonds. The van der Waals surface area contributed by atoms with Gasteiger partial charge in [0, 0.05) is 38.4 Å². The number of aryl methyl sites for hydroxylation is 1. The molecule has 1 aliphatic rings. The average molecular weight is 251 g/mol. The Morgan fingerprint density at radius 1 is 1.61 bits per heavy atom. The fourth-order valence-electron chi connectivity index (χ4n) is 2.08. The molecule has 0 N–H and O–H groups in total. The minimum atomic E-state index is -0.121. The van der Waals surface area contributed by atoms with Crippen molar-refractivity contribution in [1.82, 2.24) is 14.5 Å². The number of hydrogen-bond acceptors (Lipinski definition) is 4. The van der Waals surface area contributed by atoms with Crippen LogP contribution in [0.25, 0.3) is 0 Å². The van der Waals surface area contributed by atoms with Crippen molar-refractivity contribution in [3.63, 3.8) is 0 Å². The summed E-state index contributed by atoms with van der Waals surface area (Å²) >= 11 is 0. The van der Waals surface area contributed by atoms with E-state index in [1.54, 1.807) is 0 Å². The van der Waals surface area contributed by atoms with Gasteiger partial charge in [-0.25, -0.2) is 4.98 Å². The molecule has 0 unspecified atom stereocenters. The fourth-order valence-corrected chi connectivity index (χ4v) is 2.08. The Hall–Kier alpha value is -1.36. The molecule has 1 aromatic heterocycles. The molecule has 2 rings (SSSR count). The van der Waals surface area contributed by atoms with E-state index < -0.39 is 0 Å². The first-order chi connectivity index (χ1) is 8.70. The Morgan fingerprint density at radius 3 is 2.94 bits per heavy atom. The van der Waals surface area contributed by atoms with Crippen molar-refractivity contribution in [1.29, 1.82) is 0 Å². The van der Waals surface area contributed by atoms with Gasteiger partial charge in [-0.2, -0.15) is 0 Å². The molecule has 18 heavy (non-hydrogen) atoms. The van der Waals surface area contributed by atoms with Gasteiger partial charge in [0.25, 0.3) is 0 Å². The van der Waals surface area contributed by atoms with Crippen LogP contribution in [0.4, 0.5) is 0 Å². The molecule has 0 aliphatic heterocycles. The second-order valence-corrected chi connectivity index (χ2v) is 4.71. The van der Waals surface area contributed by atoms with Crippen molar-refractivity contribution < 1.29 is 9.53 Å². The molecule has 100 valence electrons. The van der Waals surface area contributed by atoms with Crippen LogP contribution < -0.4 is 0 Å². The lowest BCUT2D eigenvalue weighted by Crippen LogP contribution is -2.35. The highest BCUT2D eigenvalue weighted by Crippen LogP contribution is 2.26. The predicted octanol–water partition coefficient (Wildman–Crippen LogP) is 0.990. The molecule has 0 bridgehead atoms. The summed E-state index contributed by atoms with van der Waals surface area (Å²) in [5, 5.41) is 0. The molecule has 0 radical (unpaired) electrons. The van der Waals surface area contributed by atoms with Crippen LogP contribution in [0.1, 0.15) is 25.6 Å². The van der Waals surface area contributed by atoms with Crippen molar-refractivity contribution in [2.75, 3.05) is 19.7 Å². The minimum absolute atomic E-state index is 0.121. The van der Waals surface area contributed by atoms with Gasteiger partial charge < -0.3 is 9.30 Å². The van der Waals surface area contributed by atoms with Crippen LogP contribution in [0.15, 0.2) is 12.4 Å². The molecule has 5 nitrogen and oxygen atoms in total. The van der Waals surface area contributed by atoms with Gasteiger partial charge in [0.15, 0.2) is 0 Å². The third-order valence-corrected chi connectivity index (χ3v) is 3.24. The van der Waals surface area contributed by atoms with Gasteiger partial charge in [0.05, 0.1) is 13.2 Å². The van der Waals surface area contributed by atoms with Gasteiger partial charge >= 0.3 is 5.97 Å². The second kappa shape index (κ2) is 6.00. The smallest absolute Gasteiger partial charge is 0.320 e. The van der Waals surface area contributed by atoms with Gasteiger partial charge in [-0.15, -0.1) is 0 Å². The van der Waals surface area contributed by atoms with E-state index in [0.717, 1.165) is 18.8 Å². The first-order valence-corrected chi connectivity index (χ1v) is 6.56. The van der Waals surface area contributed by atoms with E-state index in [-0.39, 0.29) is 5.97 Å². The van der Waals surface area contributed by atoms with Crippen LogP contribution in [0.5, 0.6) is 0 Å². The van der Waals surface area contributed by atoms with Crippen LogP contribution in [0.2, 0.25) is 0 Å². The summed E-state index contributed by atoms with van der Waals surface area (Å²) in [4.78, 5) is 18.0. The standard InChI is InChI=1S/C13H21N3O2/c1-3-18-13(17)10-16(11-4-5-11)8-6-12-14-7-9-15(12)2/h7,9,11H,3-6,8,10H2,1-2H3. The number of esters is 1. The second-order valence-electron chi connectivity index (χ2n) is 4.71. The highest BCUT2D eigenvalue weighted by molar-refractivity contribution is 5.71. The van der Waals surface area contributed by atoms with Gasteiger partial charge in [0.2, 0.25) is 0 Å². The normalized spacial score (nSPS) is 15.1. The number of hydrogen-bond donors (Lipinski definition) is 0. The summed E-state index contributed by atoms with van der Waals surface area (Å²) < 4.78 is 7.03. The SMILES string of the molecule is CCOC(=O)CN(CCc1nccn1C)C1CC1. The number of aromatic nitrogens is 2. The molecule has 0 saturated heterocycles. The Morgan fingerprint density at radius 2 is 2.39 bits per heavy atom. The molecule has 1 aliphatic carbocycles. The quantitative estimate of drug-likeness (QED) is 0.678. The summed E-state index contributed by atoms with van der Waals surface area (Å²) in [6, 6.07) is 0.565. The maximum absolute atomic E-state index is 11.5. The molecule has 0 aromatic carbocycles. The van der Waals surface area contributed by atoms with Gasteiger partial charge in [-0.05, 0) is 19.8 Å². The van der Waals surface area contributed by atoms with Crippen molar-refractivity contribution >= 4 is 5.97 Å². The van der Waals surface area contributed by atoms with E-state index in [4.69, 9.17) is 4.74 Å². The number of nitrogens with zero attached hydrogens (tertiary/aromatic N) is 3. The zero-order valence-electron chi connectivity index (χ0n) is 11.1. The summed E-state index contributed by atoms with van der Waals surface area (Å²) in [6.45, 7) is 3.57. The first kappa shape index (κ1) is 13.1. The van der Waals surface area contributed by atoms with E-state index in [9.17, 15) is 4.79 Å². The lowest BCUT2D eigenvalue weighted by molar-refractivity contribution is -0.144. The van der Waals surface area contributed by atoms with Gasteiger partial charge in [0.1, 0.15) is 5.82 Å². The van der Waals surface area contributed by atoms with E-state index in [0.29, 0.717) is 19.2 Å². The average Bonchev–Trinajstić information content (AvgIpc) is 3.09. The molecule has 0 spiro atoms. The molecule has 5 heteroatoms. The topological polar surface area (TPSA) is 47.4 Å². The largest absolute Gasteiger partial charge is 0.465 e. The maximum atomic E-state index is 11.5. The molecular formula is C13H21N3O2. The molecule has 1 heterocycles. The zero-order chi connectivity index (χ0) is 13.0. The highest BCUT2D eigenvalue weighted by Gasteiger charge is 2.30. The van der Waals surface area contributed by atoms with E-state index in [2.05, 4.69) is 9.88 Å². The van der Waals surface area contributed by atoms with Crippen molar-refractivity contribution in [2.24, 2.45) is 7.05 Å². The van der Waals surface area contributed by atoms with Crippen molar-refractivity contribution in [3.05, 3.63) is 18.2 Å². The third-order valence-electron chi connectivity index (χ3n) is 3.24. The molecule has 1 saturated carbocycles. The third kappa shape index (κ3) is 3.57. The molecular weight excluding hydrogens is 230 g/mol. The summed E-state index contributed by atoms with van der Waals surface area (Å²) in [5.41, 5.74) is 0. The van der Waals surface area contributed by atoms with E-state index in [1.165, 1.54) is 12.8 Å². The van der Waals surface area contributed by atoms with Crippen LogP contribution in [-0.2, 0) is 23.0 Å².